The third-order valence-corrected chi connectivity index (χ3v) is 5.25. The van der Waals surface area contributed by atoms with Gasteiger partial charge >= 0.3 is 5.97 Å². The third kappa shape index (κ3) is 5.57. The summed E-state index contributed by atoms with van der Waals surface area (Å²) in [7, 11) is 0. The summed E-state index contributed by atoms with van der Waals surface area (Å²) in [4.78, 5) is 43.7. The number of nitrogens with one attached hydrogen (secondary N) is 1. The summed E-state index contributed by atoms with van der Waals surface area (Å²) >= 11 is 0. The summed E-state index contributed by atoms with van der Waals surface area (Å²) < 4.78 is 5.26. The average Bonchev–Trinajstić information content (AvgIpc) is 2.77. The van der Waals surface area contributed by atoms with E-state index in [0.717, 1.165) is 11.3 Å². The van der Waals surface area contributed by atoms with Crippen molar-refractivity contribution in [2.75, 3.05) is 19.7 Å². The number of esters is 1. The zero-order valence-corrected chi connectivity index (χ0v) is 17.8. The Hall–Kier alpha value is -3.48. The number of rotatable bonds is 8. The van der Waals surface area contributed by atoms with Crippen molar-refractivity contribution in [3.05, 3.63) is 77.3 Å². The van der Waals surface area contributed by atoms with E-state index in [0.29, 0.717) is 24.2 Å². The topological polar surface area (TPSA) is 88.6 Å². The second kappa shape index (κ2) is 10.5. The van der Waals surface area contributed by atoms with Crippen LogP contribution in [0.5, 0.6) is 0 Å². The molecule has 2 heterocycles. The molecule has 3 rings (SSSR count). The van der Waals surface area contributed by atoms with Gasteiger partial charge in [0.05, 0.1) is 12.2 Å². The first-order valence-electron chi connectivity index (χ1n) is 10.4. The molecule has 0 aliphatic carbocycles. The largest absolute Gasteiger partial charge is 0.463 e. The van der Waals surface area contributed by atoms with Gasteiger partial charge in [-0.2, -0.15) is 0 Å². The van der Waals surface area contributed by atoms with Gasteiger partial charge in [-0.1, -0.05) is 36.4 Å². The van der Waals surface area contributed by atoms with Crippen LogP contribution >= 0.6 is 0 Å². The number of allylic oxidation sites excluding steroid dienone is 1. The maximum atomic E-state index is 12.9. The van der Waals surface area contributed by atoms with Crippen LogP contribution in [0.25, 0.3) is 0 Å². The van der Waals surface area contributed by atoms with Crippen LogP contribution in [0.15, 0.2) is 66.0 Å². The van der Waals surface area contributed by atoms with Crippen molar-refractivity contribution in [3.8, 4) is 0 Å². The molecule has 0 saturated heterocycles. The van der Waals surface area contributed by atoms with Gasteiger partial charge in [0.15, 0.2) is 0 Å². The molecule has 1 N–H and O–H groups in total. The fourth-order valence-corrected chi connectivity index (χ4v) is 3.72. The Kier molecular flexibility index (Phi) is 7.54. The first kappa shape index (κ1) is 22.2. The molecule has 1 aliphatic heterocycles. The van der Waals surface area contributed by atoms with Crippen LogP contribution in [0, 0.1) is 0 Å². The maximum Gasteiger partial charge on any atom is 0.336 e. The lowest BCUT2D eigenvalue weighted by molar-refractivity contribution is -0.141. The fraction of sp³-hybridized carbons (Fsp3) is 0.333. The Labute approximate surface area is 182 Å². The van der Waals surface area contributed by atoms with Crippen molar-refractivity contribution in [1.82, 2.24) is 15.2 Å². The number of benzene rings is 1. The minimum absolute atomic E-state index is 0.108. The standard InChI is InChI=1S/C24H27N3O4/c1-3-31-24(30)23-17(2)27(22(29)15-20(23)18-9-5-4-6-10-18)16-21(28)26-14-12-19-11-7-8-13-25-19/h4-11,13,20H,3,12,14-16H2,1-2H3,(H,26,28). The lowest BCUT2D eigenvalue weighted by Crippen LogP contribution is -2.44. The zero-order chi connectivity index (χ0) is 22.2. The van der Waals surface area contributed by atoms with Crippen LogP contribution < -0.4 is 5.32 Å². The van der Waals surface area contributed by atoms with E-state index in [2.05, 4.69) is 10.3 Å². The van der Waals surface area contributed by atoms with Gasteiger partial charge < -0.3 is 15.0 Å². The highest BCUT2D eigenvalue weighted by atomic mass is 16.5. The Morgan fingerprint density at radius 3 is 2.58 bits per heavy atom. The molecule has 7 heteroatoms. The maximum absolute atomic E-state index is 12.9. The number of ether oxygens (including phenoxy) is 1. The van der Waals surface area contributed by atoms with E-state index in [9.17, 15) is 14.4 Å². The van der Waals surface area contributed by atoms with E-state index < -0.39 is 11.9 Å². The minimum atomic E-state index is -0.457. The molecule has 1 aromatic heterocycles. The van der Waals surface area contributed by atoms with E-state index in [-0.39, 0.29) is 31.4 Å². The average molecular weight is 421 g/mol. The molecule has 1 aliphatic rings. The van der Waals surface area contributed by atoms with Crippen LogP contribution in [0.3, 0.4) is 0 Å². The summed E-state index contributed by atoms with van der Waals surface area (Å²) in [6, 6.07) is 15.0. The van der Waals surface area contributed by atoms with Gasteiger partial charge in [-0.15, -0.1) is 0 Å². The molecular weight excluding hydrogens is 394 g/mol. The second-order valence-electron chi connectivity index (χ2n) is 7.29. The highest BCUT2D eigenvalue weighted by Gasteiger charge is 2.37. The molecular formula is C24H27N3O4. The molecule has 31 heavy (non-hydrogen) atoms. The van der Waals surface area contributed by atoms with Crippen LogP contribution in [-0.4, -0.2) is 47.4 Å². The molecule has 0 bridgehead atoms. The molecule has 1 unspecified atom stereocenters. The van der Waals surface area contributed by atoms with Crippen molar-refractivity contribution in [2.24, 2.45) is 0 Å². The van der Waals surface area contributed by atoms with Gasteiger partial charge in [0.25, 0.3) is 0 Å². The van der Waals surface area contributed by atoms with Crippen LogP contribution in [-0.2, 0) is 25.5 Å². The number of amides is 2. The van der Waals surface area contributed by atoms with E-state index in [4.69, 9.17) is 4.74 Å². The minimum Gasteiger partial charge on any atom is -0.463 e. The highest BCUT2D eigenvalue weighted by molar-refractivity contribution is 5.97. The van der Waals surface area contributed by atoms with Gasteiger partial charge in [-0.05, 0) is 31.5 Å². The molecule has 0 fully saturated rings. The van der Waals surface area contributed by atoms with Crippen LogP contribution in [0.2, 0.25) is 0 Å². The van der Waals surface area contributed by atoms with Crippen molar-refractivity contribution in [1.29, 1.82) is 0 Å². The molecule has 162 valence electrons. The summed E-state index contributed by atoms with van der Waals surface area (Å²) in [6.07, 6.45) is 2.41. The van der Waals surface area contributed by atoms with E-state index in [1.165, 1.54) is 4.90 Å². The molecule has 1 aromatic carbocycles. The van der Waals surface area contributed by atoms with Crippen molar-refractivity contribution in [2.45, 2.75) is 32.6 Å². The van der Waals surface area contributed by atoms with Crippen LogP contribution in [0.1, 0.15) is 37.4 Å². The van der Waals surface area contributed by atoms with E-state index in [1.54, 1.807) is 20.0 Å². The third-order valence-electron chi connectivity index (χ3n) is 5.25. The number of hydrogen-bond acceptors (Lipinski definition) is 5. The van der Waals surface area contributed by atoms with Crippen LogP contribution in [0.4, 0.5) is 0 Å². The lowest BCUT2D eigenvalue weighted by atomic mass is 9.83. The molecule has 2 amide bonds. The molecule has 0 radical (unpaired) electrons. The lowest BCUT2D eigenvalue weighted by Gasteiger charge is -2.34. The van der Waals surface area contributed by atoms with Gasteiger partial charge in [0, 0.05) is 42.9 Å². The quantitative estimate of drug-likeness (QED) is 0.662. The smallest absolute Gasteiger partial charge is 0.336 e. The van der Waals surface area contributed by atoms with Gasteiger partial charge in [-0.3, -0.25) is 14.6 Å². The first-order chi connectivity index (χ1) is 15.0. The first-order valence-corrected chi connectivity index (χ1v) is 10.4. The number of hydrogen-bond donors (Lipinski definition) is 1. The highest BCUT2D eigenvalue weighted by Crippen LogP contribution is 2.36. The van der Waals surface area contributed by atoms with Crippen molar-refractivity contribution >= 4 is 17.8 Å². The Balaban J connectivity index is 1.74. The van der Waals surface area contributed by atoms with E-state index in [1.807, 2.05) is 48.5 Å². The molecule has 2 aromatic rings. The Morgan fingerprint density at radius 1 is 1.16 bits per heavy atom. The predicted octanol–water partition coefficient (Wildman–Crippen LogP) is 2.59. The predicted molar refractivity (Wildman–Crippen MR) is 116 cm³/mol. The van der Waals surface area contributed by atoms with Gasteiger partial charge in [-0.25, -0.2) is 4.79 Å². The zero-order valence-electron chi connectivity index (χ0n) is 17.8. The Bertz CT molecular complexity index is 957. The molecule has 1 atom stereocenters. The number of aromatic nitrogens is 1. The molecule has 0 spiro atoms. The van der Waals surface area contributed by atoms with E-state index >= 15 is 0 Å². The molecule has 7 nitrogen and oxygen atoms in total. The fourth-order valence-electron chi connectivity index (χ4n) is 3.72. The normalized spacial score (nSPS) is 16.3. The second-order valence-corrected chi connectivity index (χ2v) is 7.29. The summed E-state index contributed by atoms with van der Waals surface area (Å²) in [5, 5.41) is 2.82. The molecule has 0 saturated carbocycles. The SMILES string of the molecule is CCOC(=O)C1=C(C)N(CC(=O)NCCc2ccccn2)C(=O)CC1c1ccccc1. The monoisotopic (exact) mass is 421 g/mol. The summed E-state index contributed by atoms with van der Waals surface area (Å²) in [6.45, 7) is 3.95. The Morgan fingerprint density at radius 2 is 1.90 bits per heavy atom. The number of carbonyl (C=O) groups is 3. The number of nitrogens with zero attached hydrogens (tertiary/aromatic N) is 2. The van der Waals surface area contributed by atoms with Crippen molar-refractivity contribution < 1.29 is 19.1 Å². The number of carbonyl (C=O) groups excluding carboxylic acids is 3. The van der Waals surface area contributed by atoms with Gasteiger partial charge in [0.2, 0.25) is 11.8 Å². The van der Waals surface area contributed by atoms with Crippen molar-refractivity contribution in [3.63, 3.8) is 0 Å². The summed E-state index contributed by atoms with van der Waals surface area (Å²) in [5.74, 6) is -1.33. The summed E-state index contributed by atoms with van der Waals surface area (Å²) in [5.41, 5.74) is 2.64. The van der Waals surface area contributed by atoms with Gasteiger partial charge in [0.1, 0.15) is 6.54 Å². The number of pyridine rings is 1.